The van der Waals surface area contributed by atoms with E-state index < -0.39 is 0 Å². The topological polar surface area (TPSA) is 89.7 Å². The first-order valence-corrected chi connectivity index (χ1v) is 9.18. The number of amides is 1. The van der Waals surface area contributed by atoms with Gasteiger partial charge in [0.05, 0.1) is 0 Å². The molecule has 1 aliphatic rings. The van der Waals surface area contributed by atoms with Gasteiger partial charge in [-0.1, -0.05) is 11.8 Å². The summed E-state index contributed by atoms with van der Waals surface area (Å²) >= 11 is 1.57. The van der Waals surface area contributed by atoms with E-state index in [9.17, 15) is 4.79 Å². The molecule has 0 unspecified atom stereocenters. The molecule has 0 bridgehead atoms. The molecule has 1 atom stereocenters. The zero-order chi connectivity index (χ0) is 16.8. The van der Waals surface area contributed by atoms with Gasteiger partial charge in [0.15, 0.2) is 5.16 Å². The molecule has 1 aliphatic heterocycles. The molecule has 0 spiro atoms. The van der Waals surface area contributed by atoms with Crippen LogP contribution in [0.5, 0.6) is 0 Å². The second-order valence-electron chi connectivity index (χ2n) is 5.88. The maximum atomic E-state index is 12.1. The maximum Gasteiger partial charge on any atom is 0.241 e. The highest BCUT2D eigenvalue weighted by atomic mass is 32.2. The Labute approximate surface area is 145 Å². The monoisotopic (exact) mass is 349 g/mol. The minimum absolute atomic E-state index is 0.0118. The number of hydrogen-bond acceptors (Lipinski definition) is 6. The first kappa shape index (κ1) is 17.0. The van der Waals surface area contributed by atoms with Crippen LogP contribution in [0.4, 0.5) is 0 Å². The van der Waals surface area contributed by atoms with Crippen LogP contribution in [0.2, 0.25) is 0 Å². The lowest BCUT2D eigenvalue weighted by Crippen LogP contribution is -2.33. The molecular formula is C15H23N7OS. The Morgan fingerprint density at radius 1 is 1.54 bits per heavy atom. The van der Waals surface area contributed by atoms with E-state index in [0.717, 1.165) is 36.1 Å². The summed E-state index contributed by atoms with van der Waals surface area (Å²) < 4.78 is 3.68. The van der Waals surface area contributed by atoms with Crippen LogP contribution >= 0.6 is 11.8 Å². The van der Waals surface area contributed by atoms with E-state index in [1.807, 2.05) is 22.4 Å². The number of piperidine rings is 1. The van der Waals surface area contributed by atoms with Gasteiger partial charge in [0.1, 0.15) is 12.9 Å². The van der Waals surface area contributed by atoms with Gasteiger partial charge in [-0.25, -0.2) is 0 Å². The number of rotatable bonds is 7. The van der Waals surface area contributed by atoms with Crippen LogP contribution in [-0.2, 0) is 18.4 Å². The second kappa shape index (κ2) is 8.29. The number of nitrogens with zero attached hydrogens (tertiary/aromatic N) is 5. The molecule has 2 N–H and O–H groups in total. The molecule has 0 aliphatic carbocycles. The molecular weight excluding hydrogens is 326 g/mol. The zero-order valence-electron chi connectivity index (χ0n) is 13.8. The van der Waals surface area contributed by atoms with Gasteiger partial charge in [-0.05, 0) is 25.5 Å². The molecule has 0 saturated carbocycles. The predicted molar refractivity (Wildman–Crippen MR) is 91.8 cm³/mol. The van der Waals surface area contributed by atoms with Gasteiger partial charge in [-0.2, -0.15) is 5.10 Å². The summed E-state index contributed by atoms with van der Waals surface area (Å²) in [6.45, 7) is 2.90. The van der Waals surface area contributed by atoms with Crippen LogP contribution < -0.4 is 10.6 Å². The van der Waals surface area contributed by atoms with E-state index >= 15 is 0 Å². The molecule has 1 amide bonds. The number of hydrogen-bond donors (Lipinski definition) is 2. The Bertz CT molecular complexity index is 662. The first-order chi connectivity index (χ1) is 11.7. The van der Waals surface area contributed by atoms with Crippen molar-refractivity contribution in [3.8, 4) is 0 Å². The zero-order valence-corrected chi connectivity index (χ0v) is 14.6. The van der Waals surface area contributed by atoms with Crippen molar-refractivity contribution < 1.29 is 4.79 Å². The molecule has 0 radical (unpaired) electrons. The normalized spacial score (nSPS) is 17.8. The summed E-state index contributed by atoms with van der Waals surface area (Å²) in [6, 6.07) is 2.02. The highest BCUT2D eigenvalue weighted by molar-refractivity contribution is 7.99. The molecule has 3 heterocycles. The Morgan fingerprint density at radius 3 is 3.21 bits per heavy atom. The largest absolute Gasteiger partial charge is 0.354 e. The molecule has 0 aromatic carbocycles. The average Bonchev–Trinajstić information content (AvgIpc) is 3.21. The maximum absolute atomic E-state index is 12.1. The van der Waals surface area contributed by atoms with E-state index in [2.05, 4.69) is 25.9 Å². The van der Waals surface area contributed by atoms with Crippen molar-refractivity contribution in [1.29, 1.82) is 0 Å². The van der Waals surface area contributed by atoms with Crippen LogP contribution in [0.15, 0.2) is 23.7 Å². The second-order valence-corrected chi connectivity index (χ2v) is 6.94. The minimum atomic E-state index is -0.0118. The lowest BCUT2D eigenvalue weighted by molar-refractivity contribution is -0.121. The van der Waals surface area contributed by atoms with Crippen LogP contribution in [0.25, 0.3) is 0 Å². The third kappa shape index (κ3) is 4.35. The van der Waals surface area contributed by atoms with Gasteiger partial charge in [-0.3, -0.25) is 9.48 Å². The van der Waals surface area contributed by atoms with Gasteiger partial charge in [-0.15, -0.1) is 10.2 Å². The van der Waals surface area contributed by atoms with Gasteiger partial charge >= 0.3 is 0 Å². The summed E-state index contributed by atoms with van der Waals surface area (Å²) in [7, 11) is 1.90. The summed E-state index contributed by atoms with van der Waals surface area (Å²) in [4.78, 5) is 12.1. The molecule has 3 rings (SSSR count). The third-order valence-electron chi connectivity index (χ3n) is 4.08. The Kier molecular flexibility index (Phi) is 5.86. The van der Waals surface area contributed by atoms with Gasteiger partial charge in [0.2, 0.25) is 5.91 Å². The van der Waals surface area contributed by atoms with E-state index in [1.54, 1.807) is 24.3 Å². The summed E-state index contributed by atoms with van der Waals surface area (Å²) in [5.74, 6) is 1.19. The predicted octanol–water partition coefficient (Wildman–Crippen LogP) is 0.387. The fourth-order valence-corrected chi connectivity index (χ4v) is 3.60. The summed E-state index contributed by atoms with van der Waals surface area (Å²) in [6.07, 6.45) is 5.76. The average molecular weight is 349 g/mol. The third-order valence-corrected chi connectivity index (χ3v) is 5.12. The van der Waals surface area contributed by atoms with Crippen molar-refractivity contribution in [2.24, 2.45) is 7.05 Å². The van der Waals surface area contributed by atoms with Crippen molar-refractivity contribution >= 4 is 17.7 Å². The molecule has 130 valence electrons. The van der Waals surface area contributed by atoms with Crippen LogP contribution in [-0.4, -0.2) is 55.8 Å². The molecule has 2 aromatic rings. The fraction of sp³-hybridized carbons (Fsp3) is 0.600. The molecule has 8 nitrogen and oxygen atoms in total. The number of nitrogens with one attached hydrogen (secondary N) is 2. The summed E-state index contributed by atoms with van der Waals surface area (Å²) in [5.41, 5.74) is 1.14. The lowest BCUT2D eigenvalue weighted by atomic mass is 9.96. The van der Waals surface area contributed by atoms with Gasteiger partial charge < -0.3 is 15.2 Å². The van der Waals surface area contributed by atoms with Crippen LogP contribution in [0, 0.1) is 0 Å². The van der Waals surface area contributed by atoms with Gasteiger partial charge in [0.25, 0.3) is 0 Å². The number of thioether (sulfide) groups is 1. The first-order valence-electron chi connectivity index (χ1n) is 8.20. The molecule has 1 saturated heterocycles. The number of aromatic nitrogens is 5. The number of carbonyl (C=O) groups excluding carboxylic acids is 1. The smallest absolute Gasteiger partial charge is 0.241 e. The van der Waals surface area contributed by atoms with Gasteiger partial charge in [0, 0.05) is 43.7 Å². The number of carbonyl (C=O) groups is 1. The highest BCUT2D eigenvalue weighted by Crippen LogP contribution is 2.22. The fourth-order valence-electron chi connectivity index (χ4n) is 2.85. The van der Waals surface area contributed by atoms with E-state index in [4.69, 9.17) is 0 Å². The SMILES string of the molecule is Cn1cnnc1SCCNC(=O)Cn1nccc1[C@H]1CCCNC1. The van der Waals surface area contributed by atoms with E-state index in [0.29, 0.717) is 12.5 Å². The van der Waals surface area contributed by atoms with Crippen molar-refractivity contribution in [1.82, 2.24) is 35.2 Å². The number of aryl methyl sites for hydroxylation is 1. The lowest BCUT2D eigenvalue weighted by Gasteiger charge is -2.23. The van der Waals surface area contributed by atoms with Crippen molar-refractivity contribution in [2.45, 2.75) is 30.5 Å². The molecule has 1 fully saturated rings. The van der Waals surface area contributed by atoms with Crippen LogP contribution in [0.1, 0.15) is 24.5 Å². The summed E-state index contributed by atoms with van der Waals surface area (Å²) in [5, 5.41) is 19.3. The van der Waals surface area contributed by atoms with Crippen molar-refractivity contribution in [3.63, 3.8) is 0 Å². The highest BCUT2D eigenvalue weighted by Gasteiger charge is 2.19. The standard InChI is InChI=1S/C15H23N7OS/c1-21-11-18-20-15(21)24-8-7-17-14(23)10-22-13(4-6-19-22)12-3-2-5-16-9-12/h4,6,11-12,16H,2-3,5,7-10H2,1H3,(H,17,23)/t12-/m0/s1. The van der Waals surface area contributed by atoms with Crippen LogP contribution in [0.3, 0.4) is 0 Å². The Balaban J connectivity index is 1.43. The van der Waals surface area contributed by atoms with Crippen molar-refractivity contribution in [2.75, 3.05) is 25.4 Å². The minimum Gasteiger partial charge on any atom is -0.354 e. The van der Waals surface area contributed by atoms with E-state index in [1.165, 1.54) is 6.42 Å². The molecule has 9 heteroatoms. The molecule has 24 heavy (non-hydrogen) atoms. The Hall–Kier alpha value is -1.87. The van der Waals surface area contributed by atoms with Crippen molar-refractivity contribution in [3.05, 3.63) is 24.3 Å². The molecule has 2 aromatic heterocycles. The Morgan fingerprint density at radius 2 is 2.46 bits per heavy atom. The van der Waals surface area contributed by atoms with E-state index in [-0.39, 0.29) is 12.5 Å². The quantitative estimate of drug-likeness (QED) is 0.555.